The van der Waals surface area contributed by atoms with Crippen LogP contribution in [0, 0.1) is 55.5 Å². The zero-order valence-electron chi connectivity index (χ0n) is 23.7. The van der Waals surface area contributed by atoms with Gasteiger partial charge in [-0.25, -0.2) is 0 Å². The predicted octanol–water partition coefficient (Wildman–Crippen LogP) is 1.25. The summed E-state index contributed by atoms with van der Waals surface area (Å²) in [4.78, 5) is 23.3. The Hall–Kier alpha value is 0.0403. The van der Waals surface area contributed by atoms with Crippen molar-refractivity contribution in [2.24, 2.45) is 10.8 Å². The second kappa shape index (κ2) is 17.5. The molecule has 0 bridgehead atoms. The van der Waals surface area contributed by atoms with Crippen molar-refractivity contribution in [3.05, 3.63) is 42.9 Å². The zero-order chi connectivity index (χ0) is 28.3. The van der Waals surface area contributed by atoms with E-state index in [1.807, 2.05) is 27.7 Å². The molecule has 0 aromatic heterocycles. The molecule has 1 heterocycles. The molecule has 1 aromatic rings. The Balaban J connectivity index is 0.00000533. The topological polar surface area (TPSA) is 153 Å². The maximum absolute atomic E-state index is 12.9. The van der Waals surface area contributed by atoms with Crippen LogP contribution in [-0.4, -0.2) is 77.8 Å². The van der Waals surface area contributed by atoms with E-state index in [4.69, 9.17) is 18.9 Å². The number of aliphatic hydroxyl groups is 3. The van der Waals surface area contributed by atoms with E-state index in [9.17, 15) is 24.9 Å². The van der Waals surface area contributed by atoms with E-state index in [1.54, 1.807) is 37.8 Å². The predicted molar refractivity (Wildman–Crippen MR) is 135 cm³/mol. The van der Waals surface area contributed by atoms with E-state index in [0.29, 0.717) is 11.3 Å². The Morgan fingerprint density at radius 1 is 1.15 bits per heavy atom. The maximum atomic E-state index is 12.9. The van der Waals surface area contributed by atoms with Gasteiger partial charge in [-0.2, -0.15) is 17.4 Å². The number of rotatable bonds is 11. The van der Waals surface area contributed by atoms with Crippen molar-refractivity contribution in [2.75, 3.05) is 13.6 Å². The SMILES string of the molecule is [CH2-]C(C)(C)C(C)(C)[CH-]Oc1ccc(/C=C(\C)C(=O)N[C@@H]2[C@H](O)[C@@H](O)[C@H]3OCO[C@H]3[C@@H]2O)cc1OCO[C-]=O.[U].[V].[Y]. The van der Waals surface area contributed by atoms with E-state index >= 15 is 0 Å². The molecule has 2 aliphatic rings. The van der Waals surface area contributed by atoms with Crippen molar-refractivity contribution in [1.29, 1.82) is 0 Å². The molecule has 41 heavy (non-hydrogen) atoms. The largest absolute Gasteiger partial charge is 0.659 e. The van der Waals surface area contributed by atoms with Gasteiger partial charge in [0.2, 0.25) is 5.91 Å². The third-order valence-electron chi connectivity index (χ3n) is 7.17. The van der Waals surface area contributed by atoms with Crippen LogP contribution < -0.4 is 14.8 Å². The van der Waals surface area contributed by atoms with Gasteiger partial charge in [0, 0.05) is 88.0 Å². The van der Waals surface area contributed by atoms with E-state index in [2.05, 4.69) is 17.0 Å². The van der Waals surface area contributed by atoms with Gasteiger partial charge in [0.05, 0.1) is 6.04 Å². The Kier molecular flexibility index (Phi) is 17.5. The van der Waals surface area contributed by atoms with Crippen LogP contribution in [0.15, 0.2) is 23.8 Å². The van der Waals surface area contributed by atoms with Gasteiger partial charge in [0.25, 0.3) is 0 Å². The van der Waals surface area contributed by atoms with Gasteiger partial charge in [-0.15, -0.1) is 0 Å². The molecule has 14 heteroatoms. The Bertz CT molecular complexity index is 1040. The summed E-state index contributed by atoms with van der Waals surface area (Å²) in [5, 5.41) is 33.9. The van der Waals surface area contributed by atoms with Crippen molar-refractivity contribution in [3.8, 4) is 11.5 Å². The molecule has 1 aliphatic heterocycles. The fourth-order valence-electron chi connectivity index (χ4n) is 3.85. The molecule has 4 N–H and O–H groups in total. The van der Waals surface area contributed by atoms with Crippen LogP contribution in [0.2, 0.25) is 0 Å². The first-order chi connectivity index (χ1) is 17.8. The van der Waals surface area contributed by atoms with Gasteiger partial charge in [-0.05, 0) is 30.7 Å². The summed E-state index contributed by atoms with van der Waals surface area (Å²) in [7, 11) is 0. The molecule has 224 valence electrons. The molecular weight excluding hydrogens is 876 g/mol. The first kappa shape index (κ1) is 41.0. The van der Waals surface area contributed by atoms with E-state index < -0.39 is 54.7 Å². The number of hydrogen-bond donors (Lipinski definition) is 4. The first-order valence-corrected chi connectivity index (χ1v) is 12.2. The monoisotopic (exact) mass is 912 g/mol. The molecule has 3 rings (SSSR count). The molecule has 1 saturated carbocycles. The van der Waals surface area contributed by atoms with Gasteiger partial charge in [-0.3, -0.25) is 4.79 Å². The molecule has 0 unspecified atom stereocenters. The Labute approximate surface area is 301 Å². The Morgan fingerprint density at radius 2 is 1.76 bits per heavy atom. The van der Waals surface area contributed by atoms with Crippen LogP contribution in [0.3, 0.4) is 0 Å². The summed E-state index contributed by atoms with van der Waals surface area (Å²) in [6.45, 7) is 16.1. The molecule has 6 atom stereocenters. The fourth-order valence-corrected chi connectivity index (χ4v) is 3.85. The third kappa shape index (κ3) is 10.3. The summed E-state index contributed by atoms with van der Waals surface area (Å²) in [6.07, 6.45) is -4.29. The molecule has 1 amide bonds. The van der Waals surface area contributed by atoms with Crippen LogP contribution in [0.5, 0.6) is 11.5 Å². The van der Waals surface area contributed by atoms with Gasteiger partial charge >= 0.3 is 0 Å². The minimum atomic E-state index is -1.46. The standard InChI is InChI=1S/C27H36NO10.U.V.Y/c1-15(25(33)28-19-20(30)22(32)24-23(21(19)31)37-14-38-24)9-16-7-8-17(18(10-16)36-13-34-12-29)35-11-27(5,6)26(2,3)4;;;/h7-11,19-24,30-32H,2,13-14H2,1,3-6H3,(H,28,33);;;/q-3;;;/b15-9+;;;/t19-,20+,21-,22-,23+,24-;;;/m1.../s1. The van der Waals surface area contributed by atoms with E-state index in [0.717, 1.165) is 0 Å². The van der Waals surface area contributed by atoms with E-state index in [-0.39, 0.29) is 106 Å². The minimum Gasteiger partial charge on any atom is -0.659 e. The van der Waals surface area contributed by atoms with Crippen molar-refractivity contribution in [1.82, 2.24) is 5.32 Å². The summed E-state index contributed by atoms with van der Waals surface area (Å²) in [5.41, 5.74) is 0.0732. The average molecular weight is 912 g/mol. The zero-order valence-corrected chi connectivity index (χ0v) is 32.1. The minimum absolute atomic E-state index is 0. The number of aliphatic hydroxyl groups excluding tert-OH is 3. The number of amides is 1. The van der Waals surface area contributed by atoms with Gasteiger partial charge < -0.3 is 56.0 Å². The van der Waals surface area contributed by atoms with Crippen molar-refractivity contribution >= 4 is 18.5 Å². The Morgan fingerprint density at radius 3 is 2.34 bits per heavy atom. The molecule has 2 radical (unpaired) electrons. The third-order valence-corrected chi connectivity index (χ3v) is 7.17. The molecular formula is C27H36NO10UVY-3. The number of fused-ring (bicyclic) bond motifs is 1. The molecule has 0 spiro atoms. The van der Waals surface area contributed by atoms with Crippen LogP contribution in [0.4, 0.5) is 0 Å². The maximum Gasteiger partial charge on any atom is 0.247 e. The summed E-state index contributed by atoms with van der Waals surface area (Å²) < 4.78 is 26.5. The molecule has 1 aromatic carbocycles. The van der Waals surface area contributed by atoms with Gasteiger partial charge in [0.1, 0.15) is 43.1 Å². The number of carbonyl (C=O) groups is 1. The number of nitrogens with one attached hydrogen (secondary N) is 1. The van der Waals surface area contributed by atoms with Crippen LogP contribution in [-0.2, 0) is 75.1 Å². The van der Waals surface area contributed by atoms with Crippen molar-refractivity contribution in [2.45, 2.75) is 71.2 Å². The van der Waals surface area contributed by atoms with Gasteiger partial charge in [-0.1, -0.05) is 40.2 Å². The smallest absolute Gasteiger partial charge is 0.247 e. The quantitative estimate of drug-likeness (QED) is 0.111. The number of benzene rings is 1. The molecule has 11 nitrogen and oxygen atoms in total. The number of hydrogen-bond acceptors (Lipinski definition) is 10. The summed E-state index contributed by atoms with van der Waals surface area (Å²) in [6, 6.07) is 3.76. The molecule has 2 fully saturated rings. The second-order valence-corrected chi connectivity index (χ2v) is 10.7. The molecule has 1 aliphatic carbocycles. The second-order valence-electron chi connectivity index (χ2n) is 10.7. The van der Waals surface area contributed by atoms with Crippen LogP contribution in [0.1, 0.15) is 40.2 Å². The van der Waals surface area contributed by atoms with Crippen molar-refractivity contribution < 1.29 is 131 Å². The van der Waals surface area contributed by atoms with Crippen LogP contribution in [0.25, 0.3) is 6.08 Å². The number of carbonyl (C=O) groups excluding carboxylic acids is 2. The van der Waals surface area contributed by atoms with Crippen molar-refractivity contribution in [3.63, 3.8) is 0 Å². The van der Waals surface area contributed by atoms with Gasteiger partial charge in [0.15, 0.2) is 12.5 Å². The van der Waals surface area contributed by atoms with E-state index in [1.165, 1.54) is 6.47 Å². The number of ether oxygens (including phenoxy) is 5. The molecule has 1 saturated heterocycles. The normalized spacial score (nSPS) is 25.8. The average Bonchev–Trinajstić information content (AvgIpc) is 3.34. The first-order valence-electron chi connectivity index (χ1n) is 12.2. The summed E-state index contributed by atoms with van der Waals surface area (Å²) >= 11 is 0. The fraction of sp³-hybridized carbons (Fsp3) is 0.556. The summed E-state index contributed by atoms with van der Waals surface area (Å²) in [5.74, 6) is 0.0285. The van der Waals surface area contributed by atoms with Crippen LogP contribution >= 0.6 is 0 Å².